The molecule has 0 spiro atoms. The molecule has 1 aromatic carbocycles. The summed E-state index contributed by atoms with van der Waals surface area (Å²) < 4.78 is 40.8. The minimum absolute atomic E-state index is 0.0324. The van der Waals surface area contributed by atoms with Crippen LogP contribution in [0.5, 0.6) is 5.75 Å². The molecule has 1 atom stereocenters. The summed E-state index contributed by atoms with van der Waals surface area (Å²) in [6, 6.07) is 5.27. The van der Waals surface area contributed by atoms with E-state index in [2.05, 4.69) is 20.3 Å². The standard InChI is InChI=1S/C14H15F3N4O2S2/c1-8(11(22)21(2)3)24-13-20-19-12(25-13)18-9-4-6-10(7-5-9)23-14(15,16)17/h4-8H,1-3H3,(H,18,19). The minimum atomic E-state index is -4.72. The number of thioether (sulfide) groups is 1. The van der Waals surface area contributed by atoms with E-state index in [-0.39, 0.29) is 16.9 Å². The number of amides is 1. The Bertz CT molecular complexity index is 720. The van der Waals surface area contributed by atoms with E-state index < -0.39 is 6.36 Å². The highest BCUT2D eigenvalue weighted by Crippen LogP contribution is 2.31. The lowest BCUT2D eigenvalue weighted by atomic mass is 10.3. The van der Waals surface area contributed by atoms with Crippen molar-refractivity contribution in [1.82, 2.24) is 15.1 Å². The van der Waals surface area contributed by atoms with Crippen LogP contribution in [0.25, 0.3) is 0 Å². The van der Waals surface area contributed by atoms with Gasteiger partial charge in [-0.1, -0.05) is 23.1 Å². The highest BCUT2D eigenvalue weighted by atomic mass is 32.2. The van der Waals surface area contributed by atoms with Crippen molar-refractivity contribution < 1.29 is 22.7 Å². The van der Waals surface area contributed by atoms with Crippen LogP contribution in [0.3, 0.4) is 0 Å². The zero-order valence-corrected chi connectivity index (χ0v) is 15.1. The number of benzene rings is 1. The number of carbonyl (C=O) groups is 1. The van der Waals surface area contributed by atoms with Crippen molar-refractivity contribution in [2.24, 2.45) is 0 Å². The maximum atomic E-state index is 12.1. The van der Waals surface area contributed by atoms with Gasteiger partial charge in [-0.05, 0) is 31.2 Å². The van der Waals surface area contributed by atoms with E-state index in [0.29, 0.717) is 15.2 Å². The van der Waals surface area contributed by atoms with Gasteiger partial charge in [-0.15, -0.1) is 23.4 Å². The summed E-state index contributed by atoms with van der Waals surface area (Å²) in [5, 5.41) is 11.0. The predicted octanol–water partition coefficient (Wildman–Crippen LogP) is 3.75. The fraction of sp³-hybridized carbons (Fsp3) is 0.357. The fourth-order valence-corrected chi connectivity index (χ4v) is 3.80. The van der Waals surface area contributed by atoms with Gasteiger partial charge in [0.1, 0.15) is 5.75 Å². The van der Waals surface area contributed by atoms with Crippen LogP contribution in [0.15, 0.2) is 28.6 Å². The van der Waals surface area contributed by atoms with Gasteiger partial charge in [0, 0.05) is 19.8 Å². The molecule has 0 aliphatic carbocycles. The Morgan fingerprint density at radius 2 is 1.92 bits per heavy atom. The summed E-state index contributed by atoms with van der Waals surface area (Å²) in [7, 11) is 3.36. The van der Waals surface area contributed by atoms with E-state index in [1.807, 2.05) is 0 Å². The Labute approximate surface area is 150 Å². The summed E-state index contributed by atoms with van der Waals surface area (Å²) >= 11 is 2.54. The fourth-order valence-electron chi connectivity index (χ4n) is 1.74. The second kappa shape index (κ2) is 7.91. The molecule has 136 valence electrons. The lowest BCUT2D eigenvalue weighted by molar-refractivity contribution is -0.274. The lowest BCUT2D eigenvalue weighted by Crippen LogP contribution is -2.29. The highest BCUT2D eigenvalue weighted by Gasteiger charge is 2.30. The first-order chi connectivity index (χ1) is 11.6. The van der Waals surface area contributed by atoms with Crippen LogP contribution < -0.4 is 10.1 Å². The zero-order chi connectivity index (χ0) is 18.6. The Morgan fingerprint density at radius 1 is 1.28 bits per heavy atom. The molecule has 1 heterocycles. The van der Waals surface area contributed by atoms with Crippen LogP contribution in [0.2, 0.25) is 0 Å². The molecule has 0 saturated carbocycles. The summed E-state index contributed by atoms with van der Waals surface area (Å²) in [5.41, 5.74) is 0.541. The minimum Gasteiger partial charge on any atom is -0.406 e. The van der Waals surface area contributed by atoms with Crippen molar-refractivity contribution in [2.45, 2.75) is 22.9 Å². The molecular weight excluding hydrogens is 377 g/mol. The molecule has 1 amide bonds. The van der Waals surface area contributed by atoms with Gasteiger partial charge in [0.15, 0.2) is 4.34 Å². The zero-order valence-electron chi connectivity index (χ0n) is 13.5. The third-order valence-electron chi connectivity index (χ3n) is 2.81. The van der Waals surface area contributed by atoms with Crippen molar-refractivity contribution in [3.05, 3.63) is 24.3 Å². The van der Waals surface area contributed by atoms with Crippen LogP contribution in [0.4, 0.5) is 24.0 Å². The van der Waals surface area contributed by atoms with Crippen LogP contribution in [-0.2, 0) is 4.79 Å². The third-order valence-corrected chi connectivity index (χ3v) is 4.82. The van der Waals surface area contributed by atoms with Crippen LogP contribution >= 0.6 is 23.1 Å². The predicted molar refractivity (Wildman–Crippen MR) is 90.3 cm³/mol. The van der Waals surface area contributed by atoms with Crippen LogP contribution in [-0.4, -0.2) is 46.7 Å². The lowest BCUT2D eigenvalue weighted by Gasteiger charge is -2.14. The monoisotopic (exact) mass is 392 g/mol. The number of rotatable bonds is 6. The largest absolute Gasteiger partial charge is 0.573 e. The molecule has 25 heavy (non-hydrogen) atoms. The first kappa shape index (κ1) is 19.3. The topological polar surface area (TPSA) is 67.4 Å². The first-order valence-corrected chi connectivity index (χ1v) is 8.68. The number of carbonyl (C=O) groups excluding carboxylic acids is 1. The molecule has 0 aliphatic heterocycles. The average molecular weight is 392 g/mol. The van der Waals surface area contributed by atoms with Crippen LogP contribution in [0.1, 0.15) is 6.92 Å². The number of ether oxygens (including phenoxy) is 1. The van der Waals surface area contributed by atoms with Gasteiger partial charge in [-0.25, -0.2) is 0 Å². The van der Waals surface area contributed by atoms with Gasteiger partial charge in [0.2, 0.25) is 11.0 Å². The molecule has 0 fully saturated rings. The number of halogens is 3. The van der Waals surface area contributed by atoms with E-state index in [4.69, 9.17) is 0 Å². The van der Waals surface area contributed by atoms with E-state index in [1.54, 1.807) is 21.0 Å². The maximum Gasteiger partial charge on any atom is 0.573 e. The summed E-state index contributed by atoms with van der Waals surface area (Å²) in [5.74, 6) is -0.336. The van der Waals surface area contributed by atoms with Crippen LogP contribution in [0, 0.1) is 0 Å². The van der Waals surface area contributed by atoms with Crippen molar-refractivity contribution in [3.63, 3.8) is 0 Å². The van der Waals surface area contributed by atoms with E-state index >= 15 is 0 Å². The first-order valence-electron chi connectivity index (χ1n) is 6.98. The Kier molecular flexibility index (Phi) is 6.11. The number of nitrogens with zero attached hydrogens (tertiary/aromatic N) is 3. The molecule has 6 nitrogen and oxygen atoms in total. The van der Waals surface area contributed by atoms with Crippen molar-refractivity contribution in [1.29, 1.82) is 0 Å². The Balaban J connectivity index is 1.96. The highest BCUT2D eigenvalue weighted by molar-refractivity contribution is 8.02. The van der Waals surface area contributed by atoms with Gasteiger partial charge in [0.05, 0.1) is 5.25 Å². The second-order valence-corrected chi connectivity index (χ2v) is 7.63. The van der Waals surface area contributed by atoms with E-state index in [1.165, 1.54) is 52.3 Å². The van der Waals surface area contributed by atoms with Gasteiger partial charge >= 0.3 is 6.36 Å². The molecule has 0 saturated heterocycles. The number of nitrogens with one attached hydrogen (secondary N) is 1. The summed E-state index contributed by atoms with van der Waals surface area (Å²) in [4.78, 5) is 13.3. The van der Waals surface area contributed by atoms with Gasteiger partial charge < -0.3 is 15.0 Å². The quantitative estimate of drug-likeness (QED) is 0.756. The molecule has 1 unspecified atom stereocenters. The summed E-state index contributed by atoms with van der Waals surface area (Å²) in [6.45, 7) is 1.78. The molecule has 0 aliphatic rings. The average Bonchev–Trinajstić information content (AvgIpc) is 2.94. The summed E-state index contributed by atoms with van der Waals surface area (Å²) in [6.07, 6.45) is -4.72. The van der Waals surface area contributed by atoms with E-state index in [9.17, 15) is 18.0 Å². The third kappa shape index (κ3) is 6.09. The van der Waals surface area contributed by atoms with Gasteiger partial charge in [0.25, 0.3) is 0 Å². The maximum absolute atomic E-state index is 12.1. The van der Waals surface area contributed by atoms with E-state index in [0.717, 1.165) is 0 Å². The molecule has 1 N–H and O–H groups in total. The molecule has 0 radical (unpaired) electrons. The number of hydrogen-bond donors (Lipinski definition) is 1. The molecule has 2 aromatic rings. The number of aromatic nitrogens is 2. The number of anilines is 2. The molecule has 1 aromatic heterocycles. The number of alkyl halides is 3. The molecular formula is C14H15F3N4O2S2. The molecule has 0 bridgehead atoms. The SMILES string of the molecule is CC(Sc1nnc(Nc2ccc(OC(F)(F)F)cc2)s1)C(=O)N(C)C. The van der Waals surface area contributed by atoms with Crippen molar-refractivity contribution >= 4 is 39.8 Å². The van der Waals surface area contributed by atoms with Crippen molar-refractivity contribution in [3.8, 4) is 5.75 Å². The van der Waals surface area contributed by atoms with Gasteiger partial charge in [-0.2, -0.15) is 0 Å². The smallest absolute Gasteiger partial charge is 0.406 e. The molecule has 11 heteroatoms. The Morgan fingerprint density at radius 3 is 2.48 bits per heavy atom. The second-order valence-electron chi connectivity index (χ2n) is 5.06. The molecule has 2 rings (SSSR count). The Hall–Kier alpha value is -2.01. The number of hydrogen-bond acceptors (Lipinski definition) is 7. The van der Waals surface area contributed by atoms with Gasteiger partial charge in [-0.3, -0.25) is 4.79 Å². The van der Waals surface area contributed by atoms with Crippen molar-refractivity contribution in [2.75, 3.05) is 19.4 Å². The normalized spacial score (nSPS) is 12.6.